The molecule has 0 heterocycles. The van der Waals surface area contributed by atoms with Crippen LogP contribution < -0.4 is 0 Å². The molecule has 0 rings (SSSR count). The van der Waals surface area contributed by atoms with Crippen LogP contribution in [0.3, 0.4) is 0 Å². The lowest BCUT2D eigenvalue weighted by Gasteiger charge is -2.05. The number of carbonyl (C=O) groups excluding carboxylic acids is 1. The molecule has 2 N–H and O–H groups in total. The predicted molar refractivity (Wildman–Crippen MR) is 59.8 cm³/mol. The normalized spacial score (nSPS) is 10.2. The van der Waals surface area contributed by atoms with Crippen LogP contribution in [0, 0.1) is 0 Å². The Hall–Kier alpha value is -1.88. The first-order chi connectivity index (χ1) is 7.27. The SMILES string of the molecule is C=C(C)C(=O)O.C=CC(O)C(=C)C(=O)OC. The van der Waals surface area contributed by atoms with Crippen LogP contribution in [0.5, 0.6) is 0 Å². The van der Waals surface area contributed by atoms with E-state index in [1.165, 1.54) is 20.1 Å². The van der Waals surface area contributed by atoms with Gasteiger partial charge in [0.2, 0.25) is 0 Å². The van der Waals surface area contributed by atoms with Crippen LogP contribution >= 0.6 is 0 Å². The van der Waals surface area contributed by atoms with Crippen LogP contribution in [-0.2, 0) is 14.3 Å². The number of ether oxygens (including phenoxy) is 1. The summed E-state index contributed by atoms with van der Waals surface area (Å²) in [7, 11) is 1.23. The molecule has 0 aliphatic rings. The van der Waals surface area contributed by atoms with E-state index in [4.69, 9.17) is 10.2 Å². The van der Waals surface area contributed by atoms with Crippen molar-refractivity contribution < 1.29 is 24.5 Å². The van der Waals surface area contributed by atoms with E-state index >= 15 is 0 Å². The van der Waals surface area contributed by atoms with E-state index in [1.54, 1.807) is 0 Å². The Kier molecular flexibility index (Phi) is 8.72. The fourth-order valence-electron chi connectivity index (χ4n) is 0.394. The minimum Gasteiger partial charge on any atom is -0.478 e. The highest BCUT2D eigenvalue weighted by molar-refractivity contribution is 5.89. The van der Waals surface area contributed by atoms with Crippen molar-refractivity contribution in [2.45, 2.75) is 13.0 Å². The average Bonchev–Trinajstić information content (AvgIpc) is 2.26. The van der Waals surface area contributed by atoms with Crippen LogP contribution in [0.2, 0.25) is 0 Å². The zero-order valence-corrected chi connectivity index (χ0v) is 9.40. The van der Waals surface area contributed by atoms with Gasteiger partial charge in [0.05, 0.1) is 12.7 Å². The van der Waals surface area contributed by atoms with Gasteiger partial charge in [-0.1, -0.05) is 19.2 Å². The number of rotatable bonds is 4. The molecule has 0 aliphatic carbocycles. The van der Waals surface area contributed by atoms with Gasteiger partial charge in [0.1, 0.15) is 6.10 Å². The van der Waals surface area contributed by atoms with E-state index in [-0.39, 0.29) is 11.1 Å². The average molecular weight is 228 g/mol. The Morgan fingerprint density at radius 3 is 1.94 bits per heavy atom. The molecule has 0 aromatic carbocycles. The summed E-state index contributed by atoms with van der Waals surface area (Å²) in [5, 5.41) is 16.8. The van der Waals surface area contributed by atoms with Gasteiger partial charge in [0.15, 0.2) is 0 Å². The second kappa shape index (κ2) is 8.43. The van der Waals surface area contributed by atoms with Crippen molar-refractivity contribution in [1.29, 1.82) is 0 Å². The minimum atomic E-state index is -1.01. The Morgan fingerprint density at radius 2 is 1.75 bits per heavy atom. The highest BCUT2D eigenvalue weighted by Gasteiger charge is 2.12. The Labute approximate surface area is 94.4 Å². The molecule has 0 bridgehead atoms. The van der Waals surface area contributed by atoms with Gasteiger partial charge in [-0.2, -0.15) is 0 Å². The number of hydrogen-bond acceptors (Lipinski definition) is 4. The number of aliphatic carboxylic acids is 1. The van der Waals surface area contributed by atoms with Crippen molar-refractivity contribution in [2.75, 3.05) is 7.11 Å². The lowest BCUT2D eigenvalue weighted by Crippen LogP contribution is -2.15. The number of carboxylic acid groups (broad SMARTS) is 1. The maximum atomic E-state index is 10.6. The fraction of sp³-hybridized carbons (Fsp3) is 0.273. The van der Waals surface area contributed by atoms with Gasteiger partial charge in [0.25, 0.3) is 0 Å². The number of carboxylic acids is 1. The van der Waals surface area contributed by atoms with Gasteiger partial charge in [-0.3, -0.25) is 0 Å². The summed E-state index contributed by atoms with van der Waals surface area (Å²) in [6.07, 6.45) is 0.201. The van der Waals surface area contributed by atoms with E-state index in [1.807, 2.05) is 0 Å². The molecule has 5 nitrogen and oxygen atoms in total. The molecule has 0 aromatic rings. The lowest BCUT2D eigenvalue weighted by molar-refractivity contribution is -0.137. The molecular weight excluding hydrogens is 212 g/mol. The monoisotopic (exact) mass is 228 g/mol. The van der Waals surface area contributed by atoms with Crippen LogP contribution in [0.15, 0.2) is 37.0 Å². The van der Waals surface area contributed by atoms with E-state index < -0.39 is 18.0 Å². The molecule has 0 amide bonds. The van der Waals surface area contributed by atoms with Crippen molar-refractivity contribution in [3.8, 4) is 0 Å². The third-order valence-corrected chi connectivity index (χ3v) is 1.39. The summed E-state index contributed by atoms with van der Waals surface area (Å²) in [4.78, 5) is 20.2. The molecule has 0 fully saturated rings. The van der Waals surface area contributed by atoms with Gasteiger partial charge >= 0.3 is 11.9 Å². The molecular formula is C11H16O5. The second-order valence-corrected chi connectivity index (χ2v) is 2.78. The van der Waals surface area contributed by atoms with Crippen molar-refractivity contribution in [3.63, 3.8) is 0 Å². The summed E-state index contributed by atoms with van der Waals surface area (Å²) in [6.45, 7) is 11.2. The van der Waals surface area contributed by atoms with Gasteiger partial charge < -0.3 is 14.9 Å². The third-order valence-electron chi connectivity index (χ3n) is 1.39. The van der Waals surface area contributed by atoms with Crippen LogP contribution in [0.1, 0.15) is 6.92 Å². The second-order valence-electron chi connectivity index (χ2n) is 2.78. The molecule has 0 saturated carbocycles. The smallest absolute Gasteiger partial charge is 0.336 e. The number of carbonyl (C=O) groups is 2. The molecule has 0 radical (unpaired) electrons. The number of esters is 1. The van der Waals surface area contributed by atoms with E-state index in [2.05, 4.69) is 24.5 Å². The Bertz CT molecular complexity index is 291. The van der Waals surface area contributed by atoms with E-state index in [0.29, 0.717) is 0 Å². The van der Waals surface area contributed by atoms with E-state index in [9.17, 15) is 9.59 Å². The van der Waals surface area contributed by atoms with Gasteiger partial charge in [-0.05, 0) is 6.92 Å². The van der Waals surface area contributed by atoms with Crippen molar-refractivity contribution in [2.24, 2.45) is 0 Å². The van der Waals surface area contributed by atoms with Crippen LogP contribution in [0.4, 0.5) is 0 Å². The van der Waals surface area contributed by atoms with Crippen molar-refractivity contribution >= 4 is 11.9 Å². The quantitative estimate of drug-likeness (QED) is 0.424. The predicted octanol–water partition coefficient (Wildman–Crippen LogP) is 0.910. The van der Waals surface area contributed by atoms with Gasteiger partial charge in [-0.15, -0.1) is 6.58 Å². The molecule has 1 unspecified atom stereocenters. The fourth-order valence-corrected chi connectivity index (χ4v) is 0.394. The zero-order chi connectivity index (χ0) is 13.3. The van der Waals surface area contributed by atoms with Crippen molar-refractivity contribution in [3.05, 3.63) is 37.0 Å². The number of aliphatic hydroxyl groups excluding tert-OH is 1. The summed E-state index contributed by atoms with van der Waals surface area (Å²) in [5.74, 6) is -1.55. The Morgan fingerprint density at radius 1 is 1.38 bits per heavy atom. The lowest BCUT2D eigenvalue weighted by atomic mass is 10.2. The number of hydrogen-bond donors (Lipinski definition) is 2. The van der Waals surface area contributed by atoms with Crippen LogP contribution in [0.25, 0.3) is 0 Å². The minimum absolute atomic E-state index is 0.00231. The molecule has 0 saturated heterocycles. The first-order valence-electron chi connectivity index (χ1n) is 4.24. The number of aliphatic hydroxyl groups is 1. The van der Waals surface area contributed by atoms with Gasteiger partial charge in [0, 0.05) is 5.57 Å². The highest BCUT2D eigenvalue weighted by atomic mass is 16.5. The van der Waals surface area contributed by atoms with E-state index in [0.717, 1.165) is 0 Å². The summed E-state index contributed by atoms with van der Waals surface area (Å²) < 4.78 is 4.29. The molecule has 0 aromatic heterocycles. The van der Waals surface area contributed by atoms with Gasteiger partial charge in [-0.25, -0.2) is 9.59 Å². The maximum Gasteiger partial charge on any atom is 0.336 e. The third kappa shape index (κ3) is 7.52. The molecule has 0 spiro atoms. The largest absolute Gasteiger partial charge is 0.478 e. The zero-order valence-electron chi connectivity index (χ0n) is 9.40. The maximum absolute atomic E-state index is 10.6. The number of methoxy groups -OCH3 is 1. The summed E-state index contributed by atoms with van der Waals surface area (Å²) in [5.41, 5.74) is 0.174. The molecule has 1 atom stereocenters. The van der Waals surface area contributed by atoms with Crippen LogP contribution in [-0.4, -0.2) is 35.4 Å². The topological polar surface area (TPSA) is 83.8 Å². The first-order valence-corrected chi connectivity index (χ1v) is 4.24. The highest BCUT2D eigenvalue weighted by Crippen LogP contribution is 2.01. The standard InChI is InChI=1S/C7H10O3.C4H6O2/c1-4-6(8)5(2)7(9)10-3;1-3(2)4(5)6/h4,6,8H,1-2H2,3H3;1H2,2H3,(H,5,6). The molecule has 0 aliphatic heterocycles. The summed E-state index contributed by atoms with van der Waals surface area (Å²) in [6, 6.07) is 0. The first kappa shape index (κ1) is 16.5. The molecule has 5 heteroatoms. The van der Waals surface area contributed by atoms with Crippen molar-refractivity contribution in [1.82, 2.24) is 0 Å². The molecule has 90 valence electrons. The summed E-state index contributed by atoms with van der Waals surface area (Å²) >= 11 is 0. The molecule has 16 heavy (non-hydrogen) atoms. The Balaban J connectivity index is 0.